The van der Waals surface area contributed by atoms with Crippen molar-refractivity contribution in [3.05, 3.63) is 11.4 Å². The number of halogens is 1. The molecule has 1 heterocycles. The molecule has 1 aliphatic rings. The lowest BCUT2D eigenvalue weighted by Crippen LogP contribution is -2.11. The number of hydrogen-bond acceptors (Lipinski definition) is 3. The lowest BCUT2D eigenvalue weighted by atomic mass is 10.2. The highest BCUT2D eigenvalue weighted by atomic mass is 35.7. The third kappa shape index (κ3) is 1.98. The Bertz CT molecular complexity index is 517. The van der Waals surface area contributed by atoms with Crippen LogP contribution in [0.15, 0.2) is 4.90 Å². The minimum atomic E-state index is -3.69. The van der Waals surface area contributed by atoms with Gasteiger partial charge < -0.3 is 0 Å². The topological polar surface area (TPSA) is 52.0 Å². The summed E-state index contributed by atoms with van der Waals surface area (Å²) >= 11 is 0. The van der Waals surface area contributed by atoms with E-state index in [0.717, 1.165) is 0 Å². The minimum absolute atomic E-state index is 0.168. The van der Waals surface area contributed by atoms with Gasteiger partial charge in [0.2, 0.25) is 0 Å². The van der Waals surface area contributed by atoms with Crippen LogP contribution in [0.4, 0.5) is 0 Å². The molecule has 0 bridgehead atoms. The van der Waals surface area contributed by atoms with E-state index in [1.54, 1.807) is 18.5 Å². The van der Waals surface area contributed by atoms with E-state index in [2.05, 4.69) is 12.0 Å². The first-order valence-electron chi connectivity index (χ1n) is 5.32. The van der Waals surface area contributed by atoms with E-state index in [1.165, 1.54) is 12.8 Å². The van der Waals surface area contributed by atoms with E-state index in [4.69, 9.17) is 10.7 Å². The predicted molar refractivity (Wildman–Crippen MR) is 62.2 cm³/mol. The molecule has 0 saturated heterocycles. The van der Waals surface area contributed by atoms with Gasteiger partial charge in [-0.25, -0.2) is 8.42 Å². The van der Waals surface area contributed by atoms with Crippen LogP contribution in [0.5, 0.6) is 0 Å². The van der Waals surface area contributed by atoms with Crippen molar-refractivity contribution in [1.82, 2.24) is 9.78 Å². The van der Waals surface area contributed by atoms with Crippen molar-refractivity contribution >= 4 is 19.7 Å². The van der Waals surface area contributed by atoms with Crippen molar-refractivity contribution in [1.29, 1.82) is 0 Å². The summed E-state index contributed by atoms with van der Waals surface area (Å²) in [5, 5.41) is 4.29. The van der Waals surface area contributed by atoms with Crippen molar-refractivity contribution in [3.8, 4) is 0 Å². The van der Waals surface area contributed by atoms with Gasteiger partial charge in [0, 0.05) is 10.7 Å². The molecule has 2 rings (SSSR count). The van der Waals surface area contributed by atoms with Crippen molar-refractivity contribution in [2.75, 3.05) is 0 Å². The number of aryl methyl sites for hydroxylation is 1. The molecule has 6 heteroatoms. The first kappa shape index (κ1) is 11.9. The molecule has 1 aromatic heterocycles. The largest absolute Gasteiger partial charge is 0.265 e. The van der Waals surface area contributed by atoms with Gasteiger partial charge in [-0.2, -0.15) is 5.10 Å². The van der Waals surface area contributed by atoms with Crippen LogP contribution in [-0.2, 0) is 9.05 Å². The second-order valence-electron chi connectivity index (χ2n) is 4.46. The fourth-order valence-corrected chi connectivity index (χ4v) is 3.69. The van der Waals surface area contributed by atoms with Crippen LogP contribution < -0.4 is 0 Å². The molecule has 90 valence electrons. The standard InChI is InChI=1S/C10H15ClN2O2S/c1-6-10(16(11,14)15)8(3)13(12-6)7(2)9-4-5-9/h7,9H,4-5H2,1-3H3. The van der Waals surface area contributed by atoms with Crippen LogP contribution in [0.1, 0.15) is 37.2 Å². The maximum Gasteiger partial charge on any atom is 0.264 e. The number of hydrogen-bond donors (Lipinski definition) is 0. The predicted octanol–water partition coefficient (Wildman–Crippen LogP) is 2.40. The van der Waals surface area contributed by atoms with Crippen molar-refractivity contribution in [3.63, 3.8) is 0 Å². The Morgan fingerprint density at radius 1 is 1.44 bits per heavy atom. The summed E-state index contributed by atoms with van der Waals surface area (Å²) in [6, 6.07) is 0.255. The zero-order valence-corrected chi connectivity index (χ0v) is 11.1. The van der Waals surface area contributed by atoms with Gasteiger partial charge in [0.15, 0.2) is 0 Å². The number of nitrogens with zero attached hydrogens (tertiary/aromatic N) is 2. The molecule has 1 unspecified atom stereocenters. The van der Waals surface area contributed by atoms with Crippen LogP contribution in [0.25, 0.3) is 0 Å². The molecule has 4 nitrogen and oxygen atoms in total. The molecule has 0 spiro atoms. The van der Waals surface area contributed by atoms with Crippen LogP contribution in [0.3, 0.4) is 0 Å². The summed E-state index contributed by atoms with van der Waals surface area (Å²) in [7, 11) is 1.71. The summed E-state index contributed by atoms with van der Waals surface area (Å²) in [5.74, 6) is 0.629. The normalized spacial score (nSPS) is 18.8. The second kappa shape index (κ2) is 3.74. The molecule has 1 fully saturated rings. The van der Waals surface area contributed by atoms with Crippen molar-refractivity contribution < 1.29 is 8.42 Å². The highest BCUT2D eigenvalue weighted by Gasteiger charge is 2.32. The number of rotatable bonds is 3. The Morgan fingerprint density at radius 2 is 2.00 bits per heavy atom. The first-order valence-corrected chi connectivity index (χ1v) is 7.63. The number of aromatic nitrogens is 2. The molecule has 1 atom stereocenters. The minimum Gasteiger partial charge on any atom is -0.265 e. The lowest BCUT2D eigenvalue weighted by Gasteiger charge is -2.12. The maximum atomic E-state index is 11.4. The Balaban J connectivity index is 2.50. The van der Waals surface area contributed by atoms with Crippen LogP contribution in [0.2, 0.25) is 0 Å². The smallest absolute Gasteiger partial charge is 0.264 e. The first-order chi connectivity index (χ1) is 7.32. The van der Waals surface area contributed by atoms with E-state index >= 15 is 0 Å². The molecule has 0 aliphatic heterocycles. The molecule has 0 amide bonds. The highest BCUT2D eigenvalue weighted by molar-refractivity contribution is 8.13. The molecule has 16 heavy (non-hydrogen) atoms. The molecule has 0 radical (unpaired) electrons. The molecule has 1 saturated carbocycles. The van der Waals surface area contributed by atoms with Gasteiger partial charge in [-0.3, -0.25) is 4.68 Å². The van der Waals surface area contributed by atoms with Gasteiger partial charge in [-0.05, 0) is 39.5 Å². The fourth-order valence-electron chi connectivity index (χ4n) is 2.18. The lowest BCUT2D eigenvalue weighted by molar-refractivity contribution is 0.428. The Hall–Kier alpha value is -0.550. The summed E-state index contributed by atoms with van der Waals surface area (Å²) in [6.07, 6.45) is 2.39. The molecule has 0 aromatic carbocycles. The van der Waals surface area contributed by atoms with E-state index in [0.29, 0.717) is 17.3 Å². The van der Waals surface area contributed by atoms with E-state index in [9.17, 15) is 8.42 Å². The second-order valence-corrected chi connectivity index (χ2v) is 6.96. The highest BCUT2D eigenvalue weighted by Crippen LogP contribution is 2.40. The average molecular weight is 263 g/mol. The van der Waals surface area contributed by atoms with Gasteiger partial charge in [0.25, 0.3) is 9.05 Å². The monoisotopic (exact) mass is 262 g/mol. The summed E-state index contributed by atoms with van der Waals surface area (Å²) < 4.78 is 24.6. The quantitative estimate of drug-likeness (QED) is 0.786. The molecular weight excluding hydrogens is 248 g/mol. The third-order valence-electron chi connectivity index (χ3n) is 3.19. The summed E-state index contributed by atoms with van der Waals surface area (Å²) in [5.41, 5.74) is 1.13. The van der Waals surface area contributed by atoms with E-state index in [1.807, 2.05) is 0 Å². The third-order valence-corrected chi connectivity index (χ3v) is 4.73. The Kier molecular flexibility index (Phi) is 2.78. The van der Waals surface area contributed by atoms with Gasteiger partial charge in [-0.1, -0.05) is 0 Å². The molecular formula is C10H15ClN2O2S. The Labute approximate surface area is 100 Å². The summed E-state index contributed by atoms with van der Waals surface area (Å²) in [6.45, 7) is 5.51. The van der Waals surface area contributed by atoms with Crippen LogP contribution in [-0.4, -0.2) is 18.2 Å². The molecule has 1 aromatic rings. The zero-order chi connectivity index (χ0) is 12.1. The molecule has 1 aliphatic carbocycles. The SMILES string of the molecule is Cc1nn(C(C)C2CC2)c(C)c1S(=O)(=O)Cl. The molecule has 0 N–H and O–H groups in total. The van der Waals surface area contributed by atoms with E-state index in [-0.39, 0.29) is 10.9 Å². The van der Waals surface area contributed by atoms with Gasteiger partial charge in [0.05, 0.1) is 17.4 Å². The van der Waals surface area contributed by atoms with Crippen molar-refractivity contribution in [2.45, 2.75) is 44.6 Å². The van der Waals surface area contributed by atoms with Crippen LogP contribution in [0, 0.1) is 19.8 Å². The van der Waals surface area contributed by atoms with Gasteiger partial charge in [0.1, 0.15) is 4.90 Å². The van der Waals surface area contributed by atoms with Crippen LogP contribution >= 0.6 is 10.7 Å². The van der Waals surface area contributed by atoms with Gasteiger partial charge >= 0.3 is 0 Å². The van der Waals surface area contributed by atoms with Gasteiger partial charge in [-0.15, -0.1) is 0 Å². The van der Waals surface area contributed by atoms with Crippen molar-refractivity contribution in [2.24, 2.45) is 5.92 Å². The Morgan fingerprint density at radius 3 is 2.38 bits per heavy atom. The van der Waals surface area contributed by atoms with E-state index < -0.39 is 9.05 Å². The maximum absolute atomic E-state index is 11.4. The zero-order valence-electron chi connectivity index (χ0n) is 9.57. The fraction of sp³-hybridized carbons (Fsp3) is 0.700. The summed E-state index contributed by atoms with van der Waals surface area (Å²) in [4.78, 5) is 0.168. The average Bonchev–Trinajstić information content (AvgIpc) is 2.90.